The largest absolute Gasteiger partial charge is 0.345 e. The first kappa shape index (κ1) is 15.0. The van der Waals surface area contributed by atoms with Gasteiger partial charge in [-0.2, -0.15) is 0 Å². The molecule has 4 aliphatic carbocycles. The van der Waals surface area contributed by atoms with E-state index >= 15 is 0 Å². The molecule has 126 valence electrons. The van der Waals surface area contributed by atoms with Crippen molar-refractivity contribution < 1.29 is 4.79 Å². The van der Waals surface area contributed by atoms with Gasteiger partial charge in [0.2, 0.25) is 0 Å². The van der Waals surface area contributed by atoms with Crippen LogP contribution < -0.4 is 5.32 Å². The lowest BCUT2D eigenvalue weighted by Crippen LogP contribution is -2.60. The second kappa shape index (κ2) is 5.10. The summed E-state index contributed by atoms with van der Waals surface area (Å²) >= 11 is 3.67. The van der Waals surface area contributed by atoms with E-state index in [1.165, 1.54) is 38.5 Å². The van der Waals surface area contributed by atoms with Crippen LogP contribution >= 0.6 is 15.9 Å². The number of benzene rings is 1. The van der Waals surface area contributed by atoms with E-state index in [-0.39, 0.29) is 11.4 Å². The first-order valence-corrected chi connectivity index (χ1v) is 9.89. The number of carbonyl (C=O) groups excluding carboxylic acids is 1. The lowest BCUT2D eigenvalue weighted by Gasteiger charge is -2.56. The van der Waals surface area contributed by atoms with Crippen LogP contribution in [0.5, 0.6) is 0 Å². The molecule has 4 fully saturated rings. The van der Waals surface area contributed by atoms with Crippen molar-refractivity contribution >= 4 is 32.7 Å². The Morgan fingerprint density at radius 2 is 1.71 bits per heavy atom. The Morgan fingerprint density at radius 1 is 1.12 bits per heavy atom. The highest BCUT2D eigenvalue weighted by molar-refractivity contribution is 9.10. The summed E-state index contributed by atoms with van der Waals surface area (Å²) in [5.74, 6) is 2.61. The molecule has 3 nitrogen and oxygen atoms in total. The molecule has 4 saturated carbocycles. The number of amides is 1. The van der Waals surface area contributed by atoms with Gasteiger partial charge >= 0.3 is 0 Å². The molecular formula is C20H23BrN2O. The summed E-state index contributed by atoms with van der Waals surface area (Å²) in [5, 5.41) is 4.60. The van der Waals surface area contributed by atoms with Crippen LogP contribution in [0.15, 0.2) is 28.7 Å². The third-order valence-corrected chi connectivity index (χ3v) is 7.48. The van der Waals surface area contributed by atoms with Crippen LogP contribution in [0.4, 0.5) is 0 Å². The minimum atomic E-state index is 0.0573. The number of fused-ring (bicyclic) bond motifs is 1. The number of hydrogen-bond donors (Lipinski definition) is 1. The van der Waals surface area contributed by atoms with Crippen LogP contribution in [0.2, 0.25) is 0 Å². The van der Waals surface area contributed by atoms with E-state index in [2.05, 4.69) is 33.4 Å². The van der Waals surface area contributed by atoms with Crippen LogP contribution in [0.1, 0.15) is 49.0 Å². The van der Waals surface area contributed by atoms with Crippen LogP contribution in [-0.4, -0.2) is 16.0 Å². The van der Waals surface area contributed by atoms with E-state index in [1.54, 1.807) is 0 Å². The van der Waals surface area contributed by atoms with Crippen molar-refractivity contribution in [2.75, 3.05) is 0 Å². The van der Waals surface area contributed by atoms with E-state index in [4.69, 9.17) is 0 Å². The van der Waals surface area contributed by atoms with Gasteiger partial charge in [0.15, 0.2) is 0 Å². The number of aryl methyl sites for hydroxylation is 1. The Labute approximate surface area is 150 Å². The van der Waals surface area contributed by atoms with Gasteiger partial charge in [-0.15, -0.1) is 0 Å². The number of hydrogen-bond acceptors (Lipinski definition) is 1. The fourth-order valence-corrected chi connectivity index (χ4v) is 6.94. The highest BCUT2D eigenvalue weighted by Gasteiger charge is 2.51. The molecule has 0 atom stereocenters. The van der Waals surface area contributed by atoms with Gasteiger partial charge in [0.05, 0.1) is 4.47 Å². The van der Waals surface area contributed by atoms with Crippen molar-refractivity contribution in [2.24, 2.45) is 24.8 Å². The molecule has 0 unspecified atom stereocenters. The standard InChI is InChI=1S/C20H23BrN2O/c1-23-16-5-3-2-4-15(16)17(21)18(23)19(24)22-20-9-12-6-13(10-20)8-14(7-12)11-20/h2-5,12-14H,6-11H2,1H3,(H,22,24). The fourth-order valence-electron chi connectivity index (χ4n) is 6.16. The molecule has 0 spiro atoms. The van der Waals surface area contributed by atoms with Crippen molar-refractivity contribution in [3.8, 4) is 0 Å². The molecule has 1 amide bonds. The minimum Gasteiger partial charge on any atom is -0.345 e. The predicted octanol–water partition coefficient (Wildman–Crippen LogP) is 4.64. The van der Waals surface area contributed by atoms with Crippen molar-refractivity contribution in [1.82, 2.24) is 9.88 Å². The van der Waals surface area contributed by atoms with Crippen molar-refractivity contribution in [3.63, 3.8) is 0 Å². The number of halogens is 1. The second-order valence-corrected chi connectivity index (χ2v) is 9.18. The third kappa shape index (κ3) is 2.11. The van der Waals surface area contributed by atoms with E-state index in [9.17, 15) is 4.79 Å². The summed E-state index contributed by atoms with van der Waals surface area (Å²) in [6.07, 6.45) is 7.75. The zero-order valence-electron chi connectivity index (χ0n) is 14.0. The topological polar surface area (TPSA) is 34.0 Å². The Hall–Kier alpha value is -1.29. The number of rotatable bonds is 2. The predicted molar refractivity (Wildman–Crippen MR) is 99.0 cm³/mol. The normalized spacial score (nSPS) is 34.0. The Morgan fingerprint density at radius 3 is 2.29 bits per heavy atom. The van der Waals surface area contributed by atoms with Gasteiger partial charge in [-0.3, -0.25) is 4.79 Å². The highest BCUT2D eigenvalue weighted by atomic mass is 79.9. The molecule has 0 aliphatic heterocycles. The lowest BCUT2D eigenvalue weighted by molar-refractivity contribution is -0.0168. The number of aromatic nitrogens is 1. The van der Waals surface area contributed by atoms with Crippen molar-refractivity contribution in [2.45, 2.75) is 44.1 Å². The SMILES string of the molecule is Cn1c(C(=O)NC23CC4CC(CC(C4)C2)C3)c(Br)c2ccccc21. The molecule has 4 bridgehead atoms. The molecule has 1 N–H and O–H groups in total. The summed E-state index contributed by atoms with van der Waals surface area (Å²) in [6.45, 7) is 0. The van der Waals surface area contributed by atoms with E-state index in [0.29, 0.717) is 0 Å². The number of para-hydroxylation sites is 1. The van der Waals surface area contributed by atoms with Crippen molar-refractivity contribution in [1.29, 1.82) is 0 Å². The monoisotopic (exact) mass is 386 g/mol. The zero-order valence-corrected chi connectivity index (χ0v) is 15.6. The third-order valence-electron chi connectivity index (χ3n) is 6.68. The van der Waals surface area contributed by atoms with Gasteiger partial charge in [-0.25, -0.2) is 0 Å². The maximum atomic E-state index is 13.2. The number of nitrogens with one attached hydrogen (secondary N) is 1. The molecule has 4 heteroatoms. The highest BCUT2D eigenvalue weighted by Crippen LogP contribution is 2.55. The molecule has 0 saturated heterocycles. The van der Waals surface area contributed by atoms with Crippen LogP contribution in [-0.2, 0) is 7.05 Å². The van der Waals surface area contributed by atoms with E-state index < -0.39 is 0 Å². The average Bonchev–Trinajstić information content (AvgIpc) is 2.77. The lowest BCUT2D eigenvalue weighted by atomic mass is 9.53. The summed E-state index contributed by atoms with van der Waals surface area (Å²) < 4.78 is 2.94. The van der Waals surface area contributed by atoms with Gasteiger partial charge in [0, 0.05) is 23.5 Å². The first-order chi connectivity index (χ1) is 11.5. The maximum absolute atomic E-state index is 13.2. The zero-order chi connectivity index (χ0) is 16.5. The minimum absolute atomic E-state index is 0.0573. The molecule has 4 aliphatic rings. The quantitative estimate of drug-likeness (QED) is 0.801. The van der Waals surface area contributed by atoms with Crippen molar-refractivity contribution in [3.05, 3.63) is 34.4 Å². The van der Waals surface area contributed by atoms with Gasteiger partial charge in [0.25, 0.3) is 5.91 Å². The van der Waals surface area contributed by atoms with Crippen LogP contribution in [0.3, 0.4) is 0 Å². The molecule has 2 aromatic rings. The average molecular weight is 387 g/mol. The maximum Gasteiger partial charge on any atom is 0.269 e. The molecule has 1 aromatic heterocycles. The summed E-state index contributed by atoms with van der Waals surface area (Å²) in [7, 11) is 1.99. The molecule has 0 radical (unpaired) electrons. The van der Waals surface area contributed by atoms with Gasteiger partial charge < -0.3 is 9.88 Å². The van der Waals surface area contributed by atoms with Gasteiger partial charge in [-0.05, 0) is 78.3 Å². The number of carbonyl (C=O) groups is 1. The van der Waals surface area contributed by atoms with Crippen LogP contribution in [0.25, 0.3) is 10.9 Å². The van der Waals surface area contributed by atoms with Gasteiger partial charge in [0.1, 0.15) is 5.69 Å². The Bertz CT molecular complexity index is 763. The van der Waals surface area contributed by atoms with Crippen LogP contribution in [0, 0.1) is 17.8 Å². The fraction of sp³-hybridized carbons (Fsp3) is 0.550. The molecule has 6 rings (SSSR count). The summed E-state index contributed by atoms with van der Waals surface area (Å²) in [6, 6.07) is 8.19. The molecule has 1 heterocycles. The Balaban J connectivity index is 1.49. The summed E-state index contributed by atoms with van der Waals surface area (Å²) in [5.41, 5.74) is 1.91. The first-order valence-electron chi connectivity index (χ1n) is 9.10. The number of nitrogens with zero attached hydrogens (tertiary/aromatic N) is 1. The van der Waals surface area contributed by atoms with Gasteiger partial charge in [-0.1, -0.05) is 18.2 Å². The van der Waals surface area contributed by atoms with E-state index in [1.807, 2.05) is 23.7 Å². The summed E-state index contributed by atoms with van der Waals surface area (Å²) in [4.78, 5) is 13.2. The van der Waals surface area contributed by atoms with E-state index in [0.717, 1.165) is 38.8 Å². The molecular weight excluding hydrogens is 364 g/mol. The second-order valence-electron chi connectivity index (χ2n) is 8.39. The molecule has 24 heavy (non-hydrogen) atoms. The smallest absolute Gasteiger partial charge is 0.269 e. The Kier molecular flexibility index (Phi) is 3.19. The molecule has 1 aromatic carbocycles.